The van der Waals surface area contributed by atoms with Gasteiger partial charge < -0.3 is 5.32 Å². The molecule has 5 heteroatoms. The first kappa shape index (κ1) is 15.4. The number of nitrogens with zero attached hydrogens (tertiary/aromatic N) is 2. The van der Waals surface area contributed by atoms with Crippen LogP contribution in [0.4, 0.5) is 0 Å². The number of aryl methyl sites for hydroxylation is 2. The average Bonchev–Trinajstić information content (AvgIpc) is 3.07. The van der Waals surface area contributed by atoms with Crippen LogP contribution in [0, 0.1) is 13.8 Å². The molecule has 0 unspecified atom stereocenters. The molecular formula is C18H17N3OS. The van der Waals surface area contributed by atoms with Crippen LogP contribution in [-0.4, -0.2) is 15.9 Å². The maximum Gasteiger partial charge on any atom is 0.251 e. The average molecular weight is 323 g/mol. The van der Waals surface area contributed by atoms with E-state index in [0.717, 1.165) is 28.1 Å². The fourth-order valence-electron chi connectivity index (χ4n) is 2.46. The lowest BCUT2D eigenvalue weighted by Gasteiger charge is -2.10. The maximum atomic E-state index is 12.4. The Balaban J connectivity index is 1.77. The third-order valence-electron chi connectivity index (χ3n) is 3.61. The van der Waals surface area contributed by atoms with E-state index in [1.165, 1.54) is 0 Å². The monoisotopic (exact) mass is 323 g/mol. The van der Waals surface area contributed by atoms with Gasteiger partial charge in [0.2, 0.25) is 0 Å². The van der Waals surface area contributed by atoms with Gasteiger partial charge in [-0.05, 0) is 36.9 Å². The molecule has 0 radical (unpaired) electrons. The van der Waals surface area contributed by atoms with E-state index in [0.29, 0.717) is 12.1 Å². The van der Waals surface area contributed by atoms with Gasteiger partial charge in [-0.15, -0.1) is 0 Å². The molecule has 116 valence electrons. The smallest absolute Gasteiger partial charge is 0.251 e. The van der Waals surface area contributed by atoms with Crippen LogP contribution in [0.5, 0.6) is 0 Å². The van der Waals surface area contributed by atoms with Crippen molar-refractivity contribution in [3.05, 3.63) is 69.8 Å². The van der Waals surface area contributed by atoms with Crippen LogP contribution in [0.25, 0.3) is 11.3 Å². The minimum absolute atomic E-state index is 0.0931. The summed E-state index contributed by atoms with van der Waals surface area (Å²) in [5.74, 6) is -0.0931. The van der Waals surface area contributed by atoms with E-state index in [9.17, 15) is 4.79 Å². The predicted molar refractivity (Wildman–Crippen MR) is 92.4 cm³/mol. The molecule has 0 saturated carbocycles. The van der Waals surface area contributed by atoms with Gasteiger partial charge in [0.25, 0.3) is 5.91 Å². The number of thiophene rings is 1. The molecule has 0 bridgehead atoms. The molecule has 1 N–H and O–H groups in total. The number of hydrogen-bond donors (Lipinski definition) is 1. The molecular weight excluding hydrogens is 306 g/mol. The molecule has 0 spiro atoms. The summed E-state index contributed by atoms with van der Waals surface area (Å²) in [6.07, 6.45) is 3.32. The third kappa shape index (κ3) is 3.46. The lowest BCUT2D eigenvalue weighted by molar-refractivity contribution is 0.0950. The second-order valence-corrected chi connectivity index (χ2v) is 6.14. The van der Waals surface area contributed by atoms with Crippen molar-refractivity contribution in [1.82, 2.24) is 15.3 Å². The number of rotatable bonds is 4. The summed E-state index contributed by atoms with van der Waals surface area (Å²) in [5.41, 5.74) is 5.42. The quantitative estimate of drug-likeness (QED) is 0.795. The maximum absolute atomic E-state index is 12.4. The molecule has 4 nitrogen and oxygen atoms in total. The Bertz CT molecular complexity index is 828. The standard InChI is InChI=1S/C18H17N3OS/c1-12-3-4-15(13(2)9-12)18(22)21-10-16-17(20-7-6-19-16)14-5-8-23-11-14/h3-9,11H,10H2,1-2H3,(H,21,22). The number of carbonyl (C=O) groups excluding carboxylic acids is 1. The summed E-state index contributed by atoms with van der Waals surface area (Å²) < 4.78 is 0. The molecule has 23 heavy (non-hydrogen) atoms. The predicted octanol–water partition coefficient (Wildman–Crippen LogP) is 3.75. The van der Waals surface area contributed by atoms with Crippen molar-refractivity contribution in [2.75, 3.05) is 0 Å². The van der Waals surface area contributed by atoms with Gasteiger partial charge in [0.1, 0.15) is 0 Å². The molecule has 0 aliphatic rings. The summed E-state index contributed by atoms with van der Waals surface area (Å²) in [6.45, 7) is 4.31. The van der Waals surface area contributed by atoms with Gasteiger partial charge in [-0.25, -0.2) is 0 Å². The lowest BCUT2D eigenvalue weighted by atomic mass is 10.1. The first-order valence-corrected chi connectivity index (χ1v) is 8.27. The Morgan fingerprint density at radius 3 is 2.74 bits per heavy atom. The van der Waals surface area contributed by atoms with E-state index >= 15 is 0 Å². The Hall–Kier alpha value is -2.53. The first-order valence-electron chi connectivity index (χ1n) is 7.33. The summed E-state index contributed by atoms with van der Waals surface area (Å²) in [5, 5.41) is 6.97. The van der Waals surface area contributed by atoms with Gasteiger partial charge in [0.05, 0.1) is 17.9 Å². The van der Waals surface area contributed by atoms with Crippen molar-refractivity contribution in [3.63, 3.8) is 0 Å². The summed E-state index contributed by atoms with van der Waals surface area (Å²) in [6, 6.07) is 7.82. The van der Waals surface area contributed by atoms with Crippen molar-refractivity contribution in [3.8, 4) is 11.3 Å². The zero-order valence-electron chi connectivity index (χ0n) is 13.0. The van der Waals surface area contributed by atoms with Gasteiger partial charge in [0.15, 0.2) is 0 Å². The highest BCUT2D eigenvalue weighted by Crippen LogP contribution is 2.22. The van der Waals surface area contributed by atoms with Gasteiger partial charge in [-0.3, -0.25) is 14.8 Å². The molecule has 2 heterocycles. The lowest BCUT2D eigenvalue weighted by Crippen LogP contribution is -2.24. The van der Waals surface area contributed by atoms with E-state index < -0.39 is 0 Å². The third-order valence-corrected chi connectivity index (χ3v) is 4.29. The van der Waals surface area contributed by atoms with Crippen molar-refractivity contribution >= 4 is 17.2 Å². The van der Waals surface area contributed by atoms with Crippen LogP contribution in [0.15, 0.2) is 47.4 Å². The van der Waals surface area contributed by atoms with Gasteiger partial charge >= 0.3 is 0 Å². The molecule has 3 aromatic rings. The van der Waals surface area contributed by atoms with E-state index in [4.69, 9.17) is 0 Å². The SMILES string of the molecule is Cc1ccc(C(=O)NCc2nccnc2-c2ccsc2)c(C)c1. The number of aromatic nitrogens is 2. The van der Waals surface area contributed by atoms with E-state index in [2.05, 4.69) is 15.3 Å². The molecule has 3 rings (SSSR count). The van der Waals surface area contributed by atoms with Crippen molar-refractivity contribution in [2.45, 2.75) is 20.4 Å². The highest BCUT2D eigenvalue weighted by atomic mass is 32.1. The number of amides is 1. The topological polar surface area (TPSA) is 54.9 Å². The van der Waals surface area contributed by atoms with Gasteiger partial charge in [-0.1, -0.05) is 17.7 Å². The van der Waals surface area contributed by atoms with Crippen LogP contribution >= 0.6 is 11.3 Å². The number of hydrogen-bond acceptors (Lipinski definition) is 4. The zero-order valence-corrected chi connectivity index (χ0v) is 13.9. The first-order chi connectivity index (χ1) is 11.1. The van der Waals surface area contributed by atoms with Crippen molar-refractivity contribution in [2.24, 2.45) is 0 Å². The minimum Gasteiger partial charge on any atom is -0.346 e. The molecule has 0 atom stereocenters. The number of nitrogens with one attached hydrogen (secondary N) is 1. The van der Waals surface area contributed by atoms with Crippen LogP contribution in [0.1, 0.15) is 27.2 Å². The Kier molecular flexibility index (Phi) is 4.48. The highest BCUT2D eigenvalue weighted by molar-refractivity contribution is 7.08. The molecule has 1 aromatic carbocycles. The van der Waals surface area contributed by atoms with Crippen LogP contribution in [-0.2, 0) is 6.54 Å². The molecule has 0 aliphatic carbocycles. The fraction of sp³-hybridized carbons (Fsp3) is 0.167. The Labute approximate surface area is 139 Å². The summed E-state index contributed by atoms with van der Waals surface area (Å²) in [7, 11) is 0. The van der Waals surface area contributed by atoms with Crippen molar-refractivity contribution in [1.29, 1.82) is 0 Å². The molecule has 0 aliphatic heterocycles. The molecule has 1 amide bonds. The fourth-order valence-corrected chi connectivity index (χ4v) is 3.10. The van der Waals surface area contributed by atoms with Gasteiger partial charge in [0, 0.05) is 28.9 Å². The highest BCUT2D eigenvalue weighted by Gasteiger charge is 2.12. The number of carbonyl (C=O) groups is 1. The molecule has 0 saturated heterocycles. The summed E-state index contributed by atoms with van der Waals surface area (Å²) >= 11 is 1.61. The Morgan fingerprint density at radius 2 is 2.00 bits per heavy atom. The van der Waals surface area contributed by atoms with Crippen molar-refractivity contribution < 1.29 is 4.79 Å². The minimum atomic E-state index is -0.0931. The van der Waals surface area contributed by atoms with Crippen LogP contribution < -0.4 is 5.32 Å². The molecule has 2 aromatic heterocycles. The normalized spacial score (nSPS) is 10.5. The second kappa shape index (κ2) is 6.71. The summed E-state index contributed by atoms with van der Waals surface area (Å²) in [4.78, 5) is 21.1. The second-order valence-electron chi connectivity index (χ2n) is 5.36. The Morgan fingerprint density at radius 1 is 1.17 bits per heavy atom. The zero-order chi connectivity index (χ0) is 16.2. The van der Waals surface area contributed by atoms with Gasteiger partial charge in [-0.2, -0.15) is 11.3 Å². The van der Waals surface area contributed by atoms with E-state index in [1.807, 2.05) is 48.9 Å². The molecule has 0 fully saturated rings. The van der Waals surface area contributed by atoms with E-state index in [-0.39, 0.29) is 5.91 Å². The number of benzene rings is 1. The largest absolute Gasteiger partial charge is 0.346 e. The van der Waals surface area contributed by atoms with Crippen LogP contribution in [0.3, 0.4) is 0 Å². The van der Waals surface area contributed by atoms with E-state index in [1.54, 1.807) is 23.7 Å². The van der Waals surface area contributed by atoms with Crippen LogP contribution in [0.2, 0.25) is 0 Å².